The number of nitrogens with zero attached hydrogens (tertiary/aromatic N) is 1. The second-order valence-corrected chi connectivity index (χ2v) is 5.47. The number of nitrogens with one attached hydrogen (secondary N) is 1. The lowest BCUT2D eigenvalue weighted by Gasteiger charge is -2.23. The minimum Gasteiger partial charge on any atom is -0.489 e. The van der Waals surface area contributed by atoms with E-state index in [2.05, 4.69) is 5.32 Å². The maximum absolute atomic E-state index is 12.5. The molecule has 1 unspecified atom stereocenters. The van der Waals surface area contributed by atoms with E-state index in [0.717, 1.165) is 6.42 Å². The van der Waals surface area contributed by atoms with Gasteiger partial charge < -0.3 is 14.8 Å². The second kappa shape index (κ2) is 7.15. The number of carbonyl (C=O) groups is 2. The van der Waals surface area contributed by atoms with Crippen LogP contribution in [0.15, 0.2) is 24.3 Å². The number of ether oxygens (including phenoxy) is 2. The van der Waals surface area contributed by atoms with Crippen LogP contribution in [0.25, 0.3) is 0 Å². The summed E-state index contributed by atoms with van der Waals surface area (Å²) < 4.78 is 10.4. The van der Waals surface area contributed by atoms with Crippen molar-refractivity contribution in [3.63, 3.8) is 0 Å². The molecule has 0 saturated carbocycles. The van der Waals surface area contributed by atoms with Gasteiger partial charge in [-0.25, -0.2) is 4.79 Å². The van der Waals surface area contributed by atoms with Gasteiger partial charge in [-0.1, -0.05) is 12.1 Å². The molecule has 0 radical (unpaired) electrons. The van der Waals surface area contributed by atoms with Gasteiger partial charge in [0.2, 0.25) is 5.91 Å². The highest BCUT2D eigenvalue weighted by Gasteiger charge is 2.35. The van der Waals surface area contributed by atoms with Gasteiger partial charge in [0.15, 0.2) is 0 Å². The smallest absolute Gasteiger partial charge is 0.410 e. The van der Waals surface area contributed by atoms with Crippen molar-refractivity contribution < 1.29 is 19.1 Å². The van der Waals surface area contributed by atoms with Gasteiger partial charge in [0.05, 0.1) is 18.9 Å². The molecule has 0 bridgehead atoms. The van der Waals surface area contributed by atoms with E-state index in [1.165, 1.54) is 12.0 Å². The molecule has 120 valence electrons. The summed E-state index contributed by atoms with van der Waals surface area (Å²) in [6.45, 7) is 4.39. The van der Waals surface area contributed by atoms with Crippen molar-refractivity contribution in [3.8, 4) is 5.75 Å². The Hall–Kier alpha value is -2.24. The molecule has 1 aromatic rings. The Bertz CT molecular complexity index is 545. The second-order valence-electron chi connectivity index (χ2n) is 5.47. The van der Waals surface area contributed by atoms with E-state index in [1.54, 1.807) is 6.07 Å². The zero-order chi connectivity index (χ0) is 16.1. The van der Waals surface area contributed by atoms with Gasteiger partial charge in [-0.15, -0.1) is 0 Å². The third kappa shape index (κ3) is 3.69. The fourth-order valence-electron chi connectivity index (χ4n) is 2.52. The number of amides is 2. The predicted molar refractivity (Wildman–Crippen MR) is 83.0 cm³/mol. The van der Waals surface area contributed by atoms with Gasteiger partial charge >= 0.3 is 6.09 Å². The zero-order valence-electron chi connectivity index (χ0n) is 13.2. The third-order valence-corrected chi connectivity index (χ3v) is 3.47. The molecule has 22 heavy (non-hydrogen) atoms. The van der Waals surface area contributed by atoms with Crippen LogP contribution in [-0.4, -0.2) is 42.7 Å². The summed E-state index contributed by atoms with van der Waals surface area (Å²) >= 11 is 0. The number of hydrogen-bond donors (Lipinski definition) is 1. The molecule has 6 heteroatoms. The highest BCUT2D eigenvalue weighted by atomic mass is 16.5. The summed E-state index contributed by atoms with van der Waals surface area (Å²) in [4.78, 5) is 25.6. The minimum atomic E-state index is -0.500. The summed E-state index contributed by atoms with van der Waals surface area (Å²) in [6, 6.07) is 6.77. The number of rotatable bonds is 4. The first-order valence-corrected chi connectivity index (χ1v) is 7.44. The Kier molecular flexibility index (Phi) is 5.25. The monoisotopic (exact) mass is 306 g/mol. The summed E-state index contributed by atoms with van der Waals surface area (Å²) in [5.74, 6) is 0.399. The van der Waals surface area contributed by atoms with Crippen LogP contribution in [0.3, 0.4) is 0 Å². The maximum Gasteiger partial charge on any atom is 0.410 e. The van der Waals surface area contributed by atoms with Crippen molar-refractivity contribution in [2.45, 2.75) is 38.8 Å². The molecule has 1 aliphatic rings. The van der Waals surface area contributed by atoms with Crippen LogP contribution in [-0.2, 0) is 9.53 Å². The molecule has 1 saturated heterocycles. The molecular formula is C16H22N2O4. The maximum atomic E-state index is 12.5. The van der Waals surface area contributed by atoms with Crippen molar-refractivity contribution in [1.82, 2.24) is 4.90 Å². The van der Waals surface area contributed by atoms with Gasteiger partial charge in [0.25, 0.3) is 0 Å². The van der Waals surface area contributed by atoms with E-state index in [0.29, 0.717) is 24.4 Å². The van der Waals surface area contributed by atoms with Gasteiger partial charge in [-0.2, -0.15) is 0 Å². The van der Waals surface area contributed by atoms with E-state index in [4.69, 9.17) is 9.47 Å². The molecule has 6 nitrogen and oxygen atoms in total. The third-order valence-electron chi connectivity index (χ3n) is 3.47. The first-order chi connectivity index (χ1) is 10.5. The van der Waals surface area contributed by atoms with Gasteiger partial charge in [0.1, 0.15) is 11.8 Å². The fraction of sp³-hybridized carbons (Fsp3) is 0.500. The molecule has 2 rings (SSSR count). The number of hydrogen-bond acceptors (Lipinski definition) is 4. The van der Waals surface area contributed by atoms with Gasteiger partial charge in [-0.05, 0) is 38.8 Å². The quantitative estimate of drug-likeness (QED) is 0.928. The highest BCUT2D eigenvalue weighted by molar-refractivity contribution is 5.97. The lowest BCUT2D eigenvalue weighted by atomic mass is 10.2. The lowest BCUT2D eigenvalue weighted by Crippen LogP contribution is -2.43. The standard InChI is InChI=1S/C16H22N2O4/c1-11(2)22-14-9-5-4-7-12(14)17-15(19)13-8-6-10-18(13)16(20)21-3/h4-5,7,9,11,13H,6,8,10H2,1-3H3,(H,17,19). The van der Waals surface area contributed by atoms with Crippen LogP contribution in [0.4, 0.5) is 10.5 Å². The number of carbonyl (C=O) groups excluding carboxylic acids is 2. The first kappa shape index (κ1) is 16.1. The summed E-state index contributed by atoms with van der Waals surface area (Å²) in [7, 11) is 1.32. The highest BCUT2D eigenvalue weighted by Crippen LogP contribution is 2.26. The van der Waals surface area contributed by atoms with E-state index in [-0.39, 0.29) is 12.0 Å². The number of anilines is 1. The van der Waals surface area contributed by atoms with Crippen molar-refractivity contribution in [2.75, 3.05) is 19.0 Å². The average molecular weight is 306 g/mol. The first-order valence-electron chi connectivity index (χ1n) is 7.44. The van der Waals surface area contributed by atoms with E-state index < -0.39 is 12.1 Å². The Morgan fingerprint density at radius 1 is 1.32 bits per heavy atom. The van der Waals surface area contributed by atoms with E-state index in [1.807, 2.05) is 32.0 Å². The Morgan fingerprint density at radius 3 is 2.73 bits per heavy atom. The molecule has 2 amide bonds. The van der Waals surface area contributed by atoms with Crippen molar-refractivity contribution >= 4 is 17.7 Å². The topological polar surface area (TPSA) is 67.9 Å². The Balaban J connectivity index is 2.10. The zero-order valence-corrected chi connectivity index (χ0v) is 13.2. The summed E-state index contributed by atoms with van der Waals surface area (Å²) in [6.07, 6.45) is 0.964. The molecule has 1 aliphatic heterocycles. The molecule has 1 heterocycles. The number of methoxy groups -OCH3 is 1. The molecule has 1 aromatic carbocycles. The molecule has 0 aliphatic carbocycles. The minimum absolute atomic E-state index is 0.0103. The van der Waals surface area contributed by atoms with Crippen LogP contribution in [0.1, 0.15) is 26.7 Å². The molecule has 0 spiro atoms. The van der Waals surface area contributed by atoms with Crippen molar-refractivity contribution in [1.29, 1.82) is 0 Å². The van der Waals surface area contributed by atoms with E-state index >= 15 is 0 Å². The van der Waals surface area contributed by atoms with Crippen molar-refractivity contribution in [3.05, 3.63) is 24.3 Å². The van der Waals surface area contributed by atoms with Crippen LogP contribution < -0.4 is 10.1 Å². The number of para-hydroxylation sites is 2. The van der Waals surface area contributed by atoms with Crippen LogP contribution in [0.2, 0.25) is 0 Å². The van der Waals surface area contributed by atoms with Crippen molar-refractivity contribution in [2.24, 2.45) is 0 Å². The normalized spacial score (nSPS) is 17.5. The number of likely N-dealkylation sites (tertiary alicyclic amines) is 1. The van der Waals surface area contributed by atoms with Gasteiger partial charge in [-0.3, -0.25) is 9.69 Å². The molecule has 0 aromatic heterocycles. The fourth-order valence-corrected chi connectivity index (χ4v) is 2.52. The Morgan fingerprint density at radius 2 is 2.05 bits per heavy atom. The Labute approximate surface area is 130 Å². The van der Waals surface area contributed by atoms with Gasteiger partial charge in [0, 0.05) is 6.54 Å². The molecular weight excluding hydrogens is 284 g/mol. The molecule has 1 atom stereocenters. The number of benzene rings is 1. The largest absolute Gasteiger partial charge is 0.489 e. The summed E-state index contributed by atoms with van der Waals surface area (Å²) in [5, 5.41) is 2.85. The molecule has 1 N–H and O–H groups in total. The average Bonchev–Trinajstić information content (AvgIpc) is 2.97. The summed E-state index contributed by atoms with van der Waals surface area (Å²) in [5.41, 5.74) is 0.609. The van der Waals surface area contributed by atoms with E-state index in [9.17, 15) is 9.59 Å². The lowest BCUT2D eigenvalue weighted by molar-refractivity contribution is -0.120. The van der Waals surface area contributed by atoms with Crippen LogP contribution in [0.5, 0.6) is 5.75 Å². The van der Waals surface area contributed by atoms with Crippen LogP contribution >= 0.6 is 0 Å². The SMILES string of the molecule is COC(=O)N1CCCC1C(=O)Nc1ccccc1OC(C)C. The van der Waals surface area contributed by atoms with Crippen LogP contribution in [0, 0.1) is 0 Å². The molecule has 1 fully saturated rings. The predicted octanol–water partition coefficient (Wildman–Crippen LogP) is 2.64.